The van der Waals surface area contributed by atoms with Crippen LogP contribution in [0.5, 0.6) is 0 Å². The van der Waals surface area contributed by atoms with Crippen LogP contribution in [0.15, 0.2) is 18.3 Å². The van der Waals surface area contributed by atoms with E-state index in [-0.39, 0.29) is 0 Å². The fraction of sp³-hybridized carbons (Fsp3) is 0.100. The van der Waals surface area contributed by atoms with Gasteiger partial charge in [0.2, 0.25) is 0 Å². The Balaban J connectivity index is 2.59. The first-order valence-corrected chi connectivity index (χ1v) is 5.10. The van der Waals surface area contributed by atoms with Gasteiger partial charge in [-0.25, -0.2) is 14.5 Å². The van der Waals surface area contributed by atoms with Gasteiger partial charge in [0.05, 0.1) is 5.52 Å². The summed E-state index contributed by atoms with van der Waals surface area (Å²) in [6.45, 7) is 1.82. The fourth-order valence-electron chi connectivity index (χ4n) is 1.73. The van der Waals surface area contributed by atoms with Crippen LogP contribution in [0.4, 0.5) is 0 Å². The van der Waals surface area contributed by atoms with E-state index in [1.807, 2.05) is 13.0 Å². The molecule has 0 aliphatic rings. The number of hydrogen-bond donors (Lipinski definition) is 0. The number of aromatic nitrogens is 4. The molecule has 4 nitrogen and oxygen atoms in total. The molecule has 0 amide bonds. The van der Waals surface area contributed by atoms with Gasteiger partial charge in [-0.05, 0) is 6.92 Å². The van der Waals surface area contributed by atoms with E-state index in [4.69, 9.17) is 19.4 Å². The van der Waals surface area contributed by atoms with Gasteiger partial charge in [-0.2, -0.15) is 5.10 Å². The van der Waals surface area contributed by atoms with Crippen LogP contribution in [-0.2, 0) is 0 Å². The molecule has 3 aromatic rings. The Morgan fingerprint density at radius 3 is 3.00 bits per heavy atom. The predicted octanol–water partition coefficient (Wildman–Crippen LogP) is 1.03. The van der Waals surface area contributed by atoms with Crippen molar-refractivity contribution in [3.63, 3.8) is 0 Å². The van der Waals surface area contributed by atoms with E-state index in [0.29, 0.717) is 22.1 Å². The molecule has 16 heavy (non-hydrogen) atoms. The number of pyridine rings is 2. The van der Waals surface area contributed by atoms with Crippen molar-refractivity contribution in [1.82, 2.24) is 19.6 Å². The molecule has 2 radical (unpaired) electrons. The summed E-state index contributed by atoms with van der Waals surface area (Å²) < 4.78 is 1.69. The lowest BCUT2D eigenvalue weighted by atomic mass is 9.96. The van der Waals surface area contributed by atoms with Crippen LogP contribution in [0.3, 0.4) is 0 Å². The molecule has 0 atom stereocenters. The minimum absolute atomic E-state index is 0.423. The maximum Gasteiger partial charge on any atom is 0.149 e. The number of nitrogens with zero attached hydrogens (tertiary/aromatic N) is 4. The molecule has 3 heterocycles. The van der Waals surface area contributed by atoms with Gasteiger partial charge in [-0.1, -0.05) is 23.1 Å². The molecule has 0 bridgehead atoms. The monoisotopic (exact) mass is 228 g/mol. The first-order chi connectivity index (χ1) is 7.65. The predicted molar refractivity (Wildman–Crippen MR) is 63.4 cm³/mol. The third-order valence-electron chi connectivity index (χ3n) is 2.39. The highest BCUT2D eigenvalue weighted by atomic mass is 35.5. The first-order valence-electron chi connectivity index (χ1n) is 4.72. The van der Waals surface area contributed by atoms with Gasteiger partial charge in [-0.15, -0.1) is 0 Å². The largest absolute Gasteiger partial charge is 0.244 e. The van der Waals surface area contributed by atoms with Gasteiger partial charge in [0, 0.05) is 17.6 Å². The summed E-state index contributed by atoms with van der Waals surface area (Å²) in [5.74, 6) is 0.673. The van der Waals surface area contributed by atoms with Crippen LogP contribution < -0.4 is 5.46 Å². The molecule has 0 aliphatic heterocycles. The molecule has 0 unspecified atom stereocenters. The lowest BCUT2D eigenvalue weighted by Crippen LogP contribution is -2.09. The SMILES string of the molecule is [B]c1cc2cnc(Cl)cc2n2nc(C)nc12. The van der Waals surface area contributed by atoms with E-state index in [1.165, 1.54) is 0 Å². The standard InChI is InChI=1S/C10H6BClN4/c1-5-14-10-7(11)2-6-4-13-9(12)3-8(6)16(10)15-5/h2-4H,1H3. The van der Waals surface area contributed by atoms with Crippen LogP contribution in [0.25, 0.3) is 16.6 Å². The number of halogens is 1. The Morgan fingerprint density at radius 1 is 1.38 bits per heavy atom. The van der Waals surface area contributed by atoms with Crippen molar-refractivity contribution in [2.24, 2.45) is 0 Å². The minimum Gasteiger partial charge on any atom is -0.244 e. The highest BCUT2D eigenvalue weighted by Gasteiger charge is 2.08. The smallest absolute Gasteiger partial charge is 0.149 e. The lowest BCUT2D eigenvalue weighted by Gasteiger charge is -2.03. The fourth-order valence-corrected chi connectivity index (χ4v) is 1.88. The van der Waals surface area contributed by atoms with Crippen LogP contribution in [-0.4, -0.2) is 27.4 Å². The van der Waals surface area contributed by atoms with E-state index in [0.717, 1.165) is 10.9 Å². The molecule has 0 N–H and O–H groups in total. The third-order valence-corrected chi connectivity index (χ3v) is 2.60. The summed E-state index contributed by atoms with van der Waals surface area (Å²) in [7, 11) is 5.89. The van der Waals surface area contributed by atoms with Gasteiger partial charge in [-0.3, -0.25) is 0 Å². The number of hydrogen-bond acceptors (Lipinski definition) is 3. The normalized spacial score (nSPS) is 11.4. The van der Waals surface area contributed by atoms with Crippen molar-refractivity contribution >= 4 is 41.5 Å². The molecular weight excluding hydrogens is 222 g/mol. The Hall–Kier alpha value is -1.62. The highest BCUT2D eigenvalue weighted by Crippen LogP contribution is 2.16. The maximum atomic E-state index is 5.89. The first kappa shape index (κ1) is 9.60. The zero-order valence-electron chi connectivity index (χ0n) is 8.48. The van der Waals surface area contributed by atoms with Gasteiger partial charge in [0.25, 0.3) is 0 Å². The summed E-state index contributed by atoms with van der Waals surface area (Å²) in [6, 6.07) is 3.57. The third kappa shape index (κ3) is 1.28. The second-order valence-electron chi connectivity index (χ2n) is 3.56. The Kier molecular flexibility index (Phi) is 1.91. The zero-order chi connectivity index (χ0) is 11.3. The summed E-state index contributed by atoms with van der Waals surface area (Å²) in [6.07, 6.45) is 1.67. The summed E-state index contributed by atoms with van der Waals surface area (Å²) in [5, 5.41) is 5.59. The van der Waals surface area contributed by atoms with E-state index >= 15 is 0 Å². The molecule has 0 saturated carbocycles. The van der Waals surface area contributed by atoms with Gasteiger partial charge >= 0.3 is 0 Å². The van der Waals surface area contributed by atoms with Crippen LogP contribution in [0, 0.1) is 6.92 Å². The maximum absolute atomic E-state index is 5.89. The summed E-state index contributed by atoms with van der Waals surface area (Å²) in [4.78, 5) is 8.27. The van der Waals surface area contributed by atoms with E-state index in [9.17, 15) is 0 Å². The molecule has 6 heteroatoms. The van der Waals surface area contributed by atoms with Crippen LogP contribution in [0.1, 0.15) is 5.82 Å². The van der Waals surface area contributed by atoms with E-state index in [1.54, 1.807) is 16.8 Å². The molecule has 3 aromatic heterocycles. The second kappa shape index (κ2) is 3.19. The lowest BCUT2D eigenvalue weighted by molar-refractivity contribution is 0.965. The van der Waals surface area contributed by atoms with Crippen molar-refractivity contribution in [3.05, 3.63) is 29.3 Å². The van der Waals surface area contributed by atoms with Crippen molar-refractivity contribution in [1.29, 1.82) is 0 Å². The molecule has 0 fully saturated rings. The van der Waals surface area contributed by atoms with Crippen molar-refractivity contribution < 1.29 is 0 Å². The average Bonchev–Trinajstić information content (AvgIpc) is 2.62. The molecule has 3 rings (SSSR count). The van der Waals surface area contributed by atoms with Gasteiger partial charge in [0.1, 0.15) is 24.5 Å². The summed E-state index contributed by atoms with van der Waals surface area (Å²) in [5.41, 5.74) is 2.08. The molecule has 0 aliphatic carbocycles. The average molecular weight is 228 g/mol. The number of fused-ring (bicyclic) bond motifs is 3. The Bertz CT molecular complexity index is 707. The minimum atomic E-state index is 0.423. The molecule has 0 spiro atoms. The van der Waals surface area contributed by atoms with Gasteiger partial charge < -0.3 is 0 Å². The molecule has 0 saturated heterocycles. The Morgan fingerprint density at radius 2 is 2.19 bits per heavy atom. The van der Waals surface area contributed by atoms with Crippen molar-refractivity contribution in [2.75, 3.05) is 0 Å². The highest BCUT2D eigenvalue weighted by molar-refractivity contribution is 6.37. The quantitative estimate of drug-likeness (QED) is 0.426. The van der Waals surface area contributed by atoms with Crippen LogP contribution in [0.2, 0.25) is 5.15 Å². The van der Waals surface area contributed by atoms with Crippen LogP contribution >= 0.6 is 11.6 Å². The Labute approximate surface area is 97.7 Å². The number of aryl methyl sites for hydroxylation is 1. The topological polar surface area (TPSA) is 43.1 Å². The van der Waals surface area contributed by atoms with Crippen molar-refractivity contribution in [3.8, 4) is 0 Å². The van der Waals surface area contributed by atoms with Gasteiger partial charge in [0.15, 0.2) is 0 Å². The number of rotatable bonds is 0. The zero-order valence-corrected chi connectivity index (χ0v) is 9.23. The molecule has 0 aromatic carbocycles. The van der Waals surface area contributed by atoms with Crippen molar-refractivity contribution in [2.45, 2.75) is 6.92 Å². The molecular formula is C10H6BClN4. The molecule has 76 valence electrons. The van der Waals surface area contributed by atoms with E-state index in [2.05, 4.69) is 15.1 Å². The second-order valence-corrected chi connectivity index (χ2v) is 3.95. The summed E-state index contributed by atoms with van der Waals surface area (Å²) >= 11 is 5.86. The van der Waals surface area contributed by atoms with E-state index < -0.39 is 0 Å².